The van der Waals surface area contributed by atoms with E-state index in [1.807, 2.05) is 35.2 Å². The lowest BCUT2D eigenvalue weighted by Crippen LogP contribution is -2.58. The fraction of sp³-hybridized carbons (Fsp3) is 0.571. The van der Waals surface area contributed by atoms with Crippen molar-refractivity contribution < 1.29 is 19.1 Å². The number of piperidine rings is 1. The highest BCUT2D eigenvalue weighted by Gasteiger charge is 2.57. The molecule has 29 heavy (non-hydrogen) atoms. The normalized spacial score (nSPS) is 24.9. The van der Waals surface area contributed by atoms with Crippen LogP contribution in [0.1, 0.15) is 18.4 Å². The molecule has 3 heterocycles. The van der Waals surface area contributed by atoms with Gasteiger partial charge in [-0.3, -0.25) is 14.5 Å². The Kier molecular flexibility index (Phi) is 5.56. The van der Waals surface area contributed by atoms with Gasteiger partial charge >= 0.3 is 6.03 Å². The molecule has 0 bridgehead atoms. The first-order valence-corrected chi connectivity index (χ1v) is 10.2. The van der Waals surface area contributed by atoms with Gasteiger partial charge in [-0.25, -0.2) is 4.79 Å². The zero-order valence-electron chi connectivity index (χ0n) is 16.8. The quantitative estimate of drug-likeness (QED) is 0.755. The second-order valence-electron chi connectivity index (χ2n) is 8.05. The van der Waals surface area contributed by atoms with Gasteiger partial charge in [0.05, 0.1) is 19.1 Å². The molecule has 4 amide bonds. The third kappa shape index (κ3) is 3.62. The van der Waals surface area contributed by atoms with Crippen LogP contribution in [0.3, 0.4) is 0 Å². The summed E-state index contributed by atoms with van der Waals surface area (Å²) in [6.45, 7) is 3.73. The van der Waals surface area contributed by atoms with Gasteiger partial charge in [-0.05, 0) is 18.4 Å². The minimum Gasteiger partial charge on any atom is -0.379 e. The highest BCUT2D eigenvalue weighted by atomic mass is 16.5. The van der Waals surface area contributed by atoms with Crippen molar-refractivity contribution in [2.75, 3.05) is 46.4 Å². The lowest BCUT2D eigenvalue weighted by atomic mass is 9.85. The number of carbonyl (C=O) groups excluding carboxylic acids is 3. The zero-order chi connectivity index (χ0) is 20.4. The highest BCUT2D eigenvalue weighted by molar-refractivity contribution is 6.06. The lowest BCUT2D eigenvalue weighted by molar-refractivity contribution is -0.144. The first-order valence-electron chi connectivity index (χ1n) is 10.2. The van der Waals surface area contributed by atoms with Crippen LogP contribution < -0.4 is 5.32 Å². The van der Waals surface area contributed by atoms with E-state index in [1.54, 1.807) is 11.9 Å². The summed E-state index contributed by atoms with van der Waals surface area (Å²) >= 11 is 0. The fourth-order valence-electron chi connectivity index (χ4n) is 4.57. The Morgan fingerprint density at radius 2 is 1.93 bits per heavy atom. The minimum absolute atomic E-state index is 0.0639. The molecule has 0 aliphatic carbocycles. The van der Waals surface area contributed by atoms with E-state index in [0.29, 0.717) is 52.2 Å². The van der Waals surface area contributed by atoms with Crippen molar-refractivity contribution in [3.63, 3.8) is 0 Å². The van der Waals surface area contributed by atoms with E-state index in [1.165, 1.54) is 4.90 Å². The predicted molar refractivity (Wildman–Crippen MR) is 106 cm³/mol. The number of imide groups is 1. The van der Waals surface area contributed by atoms with E-state index in [9.17, 15) is 14.4 Å². The number of nitrogens with zero attached hydrogens (tertiary/aromatic N) is 3. The van der Waals surface area contributed by atoms with Gasteiger partial charge in [0.2, 0.25) is 5.91 Å². The molecule has 0 radical (unpaired) electrons. The van der Waals surface area contributed by atoms with Gasteiger partial charge in [0.15, 0.2) is 0 Å². The van der Waals surface area contributed by atoms with Crippen molar-refractivity contribution in [3.05, 3.63) is 35.9 Å². The van der Waals surface area contributed by atoms with Crippen LogP contribution in [0.2, 0.25) is 0 Å². The van der Waals surface area contributed by atoms with Crippen LogP contribution in [-0.4, -0.2) is 84.5 Å². The van der Waals surface area contributed by atoms with Crippen LogP contribution in [-0.2, 0) is 20.9 Å². The number of nitrogens with one attached hydrogen (secondary N) is 1. The number of ether oxygens (including phenoxy) is 1. The molecular formula is C21H28N4O4. The van der Waals surface area contributed by atoms with Crippen molar-refractivity contribution in [1.82, 2.24) is 20.0 Å². The molecule has 1 N–H and O–H groups in total. The van der Waals surface area contributed by atoms with Gasteiger partial charge in [-0.2, -0.15) is 0 Å². The highest BCUT2D eigenvalue weighted by Crippen LogP contribution is 2.38. The molecule has 3 fully saturated rings. The topological polar surface area (TPSA) is 82.2 Å². The monoisotopic (exact) mass is 400 g/mol. The second kappa shape index (κ2) is 8.12. The number of carbonyl (C=O) groups is 3. The Morgan fingerprint density at radius 1 is 1.21 bits per heavy atom. The van der Waals surface area contributed by atoms with E-state index in [4.69, 9.17) is 4.74 Å². The average molecular weight is 400 g/mol. The molecule has 1 aromatic carbocycles. The Labute approximate surface area is 170 Å². The number of rotatable bonds is 3. The standard InChI is InChI=1S/C21H28N4O4/c1-23-19(27)21(25(20(23)28)14-16-5-3-2-4-6-16)7-10-24(11-8-21)18(26)17-13-22-9-12-29-15-17/h2-6,17,22H,7-15H2,1H3. The van der Waals surface area contributed by atoms with Crippen LogP contribution in [0, 0.1) is 5.92 Å². The summed E-state index contributed by atoms with van der Waals surface area (Å²) in [4.78, 5) is 43.5. The maximum absolute atomic E-state index is 13.0. The first-order chi connectivity index (χ1) is 14.0. The van der Waals surface area contributed by atoms with Gasteiger partial charge in [0.25, 0.3) is 5.91 Å². The molecule has 0 saturated carbocycles. The molecule has 156 valence electrons. The third-order valence-electron chi connectivity index (χ3n) is 6.31. The minimum atomic E-state index is -0.864. The number of hydrogen-bond acceptors (Lipinski definition) is 5. The predicted octanol–water partition coefficient (Wildman–Crippen LogP) is 0.678. The summed E-state index contributed by atoms with van der Waals surface area (Å²) in [5.41, 5.74) is 0.125. The summed E-state index contributed by atoms with van der Waals surface area (Å²) in [5, 5.41) is 3.23. The SMILES string of the molecule is CN1C(=O)N(Cc2ccccc2)C2(CCN(C(=O)C3CNCCOC3)CC2)C1=O. The molecule has 1 aromatic rings. The van der Waals surface area contributed by atoms with Crippen molar-refractivity contribution >= 4 is 17.8 Å². The second-order valence-corrected chi connectivity index (χ2v) is 8.05. The third-order valence-corrected chi connectivity index (χ3v) is 6.31. The van der Waals surface area contributed by atoms with Crippen molar-refractivity contribution in [2.45, 2.75) is 24.9 Å². The molecule has 8 nitrogen and oxygen atoms in total. The Morgan fingerprint density at radius 3 is 2.66 bits per heavy atom. The Hall–Kier alpha value is -2.45. The number of amides is 4. The molecule has 3 saturated heterocycles. The summed E-state index contributed by atoms with van der Waals surface area (Å²) in [7, 11) is 1.55. The smallest absolute Gasteiger partial charge is 0.327 e. The van der Waals surface area contributed by atoms with E-state index in [-0.39, 0.29) is 23.8 Å². The number of hydrogen-bond donors (Lipinski definition) is 1. The molecular weight excluding hydrogens is 372 g/mol. The number of likely N-dealkylation sites (tertiary alicyclic amines) is 1. The average Bonchev–Trinajstić information content (AvgIpc) is 2.98. The molecule has 1 unspecified atom stereocenters. The van der Waals surface area contributed by atoms with E-state index >= 15 is 0 Å². The molecule has 8 heteroatoms. The van der Waals surface area contributed by atoms with E-state index in [0.717, 1.165) is 12.1 Å². The van der Waals surface area contributed by atoms with Gasteiger partial charge in [0.1, 0.15) is 5.54 Å². The summed E-state index contributed by atoms with van der Waals surface area (Å²) in [6.07, 6.45) is 0.920. The summed E-state index contributed by atoms with van der Waals surface area (Å²) < 4.78 is 5.52. The van der Waals surface area contributed by atoms with Crippen LogP contribution in [0.15, 0.2) is 30.3 Å². The lowest BCUT2D eigenvalue weighted by Gasteiger charge is -2.43. The fourth-order valence-corrected chi connectivity index (χ4v) is 4.57. The molecule has 4 rings (SSSR count). The van der Waals surface area contributed by atoms with Gasteiger partial charge in [-0.15, -0.1) is 0 Å². The zero-order valence-corrected chi connectivity index (χ0v) is 16.8. The maximum atomic E-state index is 13.0. The number of urea groups is 1. The molecule has 1 atom stereocenters. The number of benzene rings is 1. The van der Waals surface area contributed by atoms with Gasteiger partial charge in [-0.1, -0.05) is 30.3 Å². The Bertz CT molecular complexity index is 768. The Balaban J connectivity index is 1.49. The molecule has 1 spiro atoms. The largest absolute Gasteiger partial charge is 0.379 e. The van der Waals surface area contributed by atoms with Gasteiger partial charge < -0.3 is 19.9 Å². The van der Waals surface area contributed by atoms with Crippen LogP contribution in [0.5, 0.6) is 0 Å². The number of likely N-dealkylation sites (N-methyl/N-ethyl adjacent to an activating group) is 1. The molecule has 0 aromatic heterocycles. The van der Waals surface area contributed by atoms with E-state index < -0.39 is 5.54 Å². The summed E-state index contributed by atoms with van der Waals surface area (Å²) in [6, 6.07) is 9.44. The molecule has 3 aliphatic heterocycles. The van der Waals surface area contributed by atoms with Crippen molar-refractivity contribution in [1.29, 1.82) is 0 Å². The summed E-state index contributed by atoms with van der Waals surface area (Å²) in [5.74, 6) is -0.297. The van der Waals surface area contributed by atoms with E-state index in [2.05, 4.69) is 5.32 Å². The van der Waals surface area contributed by atoms with Gasteiger partial charge in [0, 0.05) is 39.8 Å². The first kappa shape index (κ1) is 19.8. The maximum Gasteiger partial charge on any atom is 0.327 e. The van der Waals surface area contributed by atoms with Crippen molar-refractivity contribution in [3.8, 4) is 0 Å². The van der Waals surface area contributed by atoms with Crippen LogP contribution in [0.25, 0.3) is 0 Å². The van der Waals surface area contributed by atoms with Crippen LogP contribution >= 0.6 is 0 Å². The van der Waals surface area contributed by atoms with Crippen molar-refractivity contribution in [2.24, 2.45) is 5.92 Å². The van der Waals surface area contributed by atoms with Crippen LogP contribution in [0.4, 0.5) is 4.79 Å². The molecule has 3 aliphatic rings.